The number of anilines is 2. The predicted octanol–water partition coefficient (Wildman–Crippen LogP) is 2.43. The maximum Gasteiger partial charge on any atom is 0.256 e. The van der Waals surface area contributed by atoms with Gasteiger partial charge in [-0.2, -0.15) is 4.37 Å². The van der Waals surface area contributed by atoms with Crippen molar-refractivity contribution in [3.63, 3.8) is 0 Å². The average molecular weight is 375 g/mol. The first-order valence-electron chi connectivity index (χ1n) is 8.75. The highest BCUT2D eigenvalue weighted by molar-refractivity contribution is 7.10. The quantitative estimate of drug-likeness (QED) is 0.836. The summed E-state index contributed by atoms with van der Waals surface area (Å²) in [5.41, 5.74) is 2.31. The molecule has 2 aromatic heterocycles. The largest absolute Gasteiger partial charge is 0.378 e. The highest BCUT2D eigenvalue weighted by Gasteiger charge is 2.23. The Morgan fingerprint density at radius 3 is 2.69 bits per heavy atom. The third-order valence-corrected chi connectivity index (χ3v) is 5.28. The van der Waals surface area contributed by atoms with Crippen LogP contribution in [0.25, 0.3) is 0 Å². The number of nitrogens with one attached hydrogen (secondary N) is 2. The third-order valence-electron chi connectivity index (χ3n) is 4.32. The van der Waals surface area contributed by atoms with E-state index in [4.69, 9.17) is 4.74 Å². The van der Waals surface area contributed by atoms with Crippen LogP contribution in [0, 0.1) is 6.92 Å². The Kier molecular flexibility index (Phi) is 5.73. The summed E-state index contributed by atoms with van der Waals surface area (Å²) in [7, 11) is 1.79. The van der Waals surface area contributed by atoms with E-state index >= 15 is 0 Å². The van der Waals surface area contributed by atoms with Crippen molar-refractivity contribution in [3.05, 3.63) is 35.2 Å². The molecular formula is C18H25N5O2S. The molecule has 0 spiro atoms. The van der Waals surface area contributed by atoms with Gasteiger partial charge >= 0.3 is 0 Å². The first-order valence-corrected chi connectivity index (χ1v) is 9.52. The van der Waals surface area contributed by atoms with Crippen LogP contribution in [0.3, 0.4) is 0 Å². The Bertz CT molecular complexity index is 751. The van der Waals surface area contributed by atoms with Crippen LogP contribution in [0.5, 0.6) is 0 Å². The van der Waals surface area contributed by atoms with Crippen LogP contribution in [0.4, 0.5) is 10.8 Å². The molecule has 0 saturated carbocycles. The van der Waals surface area contributed by atoms with Gasteiger partial charge in [0.2, 0.25) is 0 Å². The first kappa shape index (κ1) is 18.6. The van der Waals surface area contributed by atoms with Crippen molar-refractivity contribution >= 4 is 28.3 Å². The minimum atomic E-state index is -0.125. The third kappa shape index (κ3) is 4.13. The molecule has 8 heteroatoms. The van der Waals surface area contributed by atoms with Crippen LogP contribution in [0.2, 0.25) is 0 Å². The van der Waals surface area contributed by atoms with Crippen molar-refractivity contribution in [3.8, 4) is 0 Å². The number of carbonyl (C=O) groups is 1. The van der Waals surface area contributed by atoms with Crippen LogP contribution >= 0.6 is 11.5 Å². The van der Waals surface area contributed by atoms with E-state index in [0.29, 0.717) is 12.1 Å². The lowest BCUT2D eigenvalue weighted by molar-refractivity contribution is -0.00546. The van der Waals surface area contributed by atoms with E-state index in [1.165, 1.54) is 11.5 Å². The van der Waals surface area contributed by atoms with E-state index in [0.717, 1.165) is 35.2 Å². The molecule has 1 aliphatic rings. The molecule has 26 heavy (non-hydrogen) atoms. The van der Waals surface area contributed by atoms with E-state index in [1.807, 2.05) is 25.3 Å². The molecule has 7 nitrogen and oxygen atoms in total. The molecule has 1 saturated heterocycles. The molecule has 0 unspecified atom stereocenters. The lowest BCUT2D eigenvalue weighted by atomic mass is 10.2. The van der Waals surface area contributed by atoms with E-state index in [-0.39, 0.29) is 18.1 Å². The Morgan fingerprint density at radius 2 is 2.08 bits per heavy atom. The van der Waals surface area contributed by atoms with Crippen LogP contribution < -0.4 is 15.5 Å². The first-order chi connectivity index (χ1) is 12.5. The van der Waals surface area contributed by atoms with Gasteiger partial charge in [0.05, 0.1) is 23.5 Å². The van der Waals surface area contributed by atoms with Gasteiger partial charge in [-0.15, -0.1) is 0 Å². The molecule has 2 N–H and O–H groups in total. The predicted molar refractivity (Wildman–Crippen MR) is 104 cm³/mol. The number of pyridine rings is 1. The van der Waals surface area contributed by atoms with Gasteiger partial charge in [-0.05, 0) is 43.9 Å². The van der Waals surface area contributed by atoms with Crippen molar-refractivity contribution in [1.82, 2.24) is 14.7 Å². The average Bonchev–Trinajstić information content (AvgIpc) is 3.00. The number of hydrogen-bond acceptors (Lipinski definition) is 7. The Hall–Kier alpha value is -2.19. The van der Waals surface area contributed by atoms with Gasteiger partial charge in [0.1, 0.15) is 10.8 Å². The molecule has 0 aromatic carbocycles. The SMILES string of the molecule is CNc1snc(C)c1C(=O)NCc1ccc(N2C[C@@H](C)O[C@H](C)C2)nc1. The van der Waals surface area contributed by atoms with Gasteiger partial charge in [0.15, 0.2) is 0 Å². The summed E-state index contributed by atoms with van der Waals surface area (Å²) in [6.07, 6.45) is 2.21. The lowest BCUT2D eigenvalue weighted by Gasteiger charge is -2.36. The number of ether oxygens (including phenoxy) is 1. The monoisotopic (exact) mass is 375 g/mol. The van der Waals surface area contributed by atoms with Gasteiger partial charge in [0, 0.05) is 32.9 Å². The second kappa shape index (κ2) is 8.01. The second-order valence-corrected chi connectivity index (χ2v) is 7.37. The fourth-order valence-corrected chi connectivity index (χ4v) is 3.89. The normalized spacial score (nSPS) is 20.1. The number of aromatic nitrogens is 2. The molecule has 140 valence electrons. The highest BCUT2D eigenvalue weighted by atomic mass is 32.1. The minimum Gasteiger partial charge on any atom is -0.378 e. The summed E-state index contributed by atoms with van der Waals surface area (Å²) in [6, 6.07) is 4.01. The highest BCUT2D eigenvalue weighted by Crippen LogP contribution is 2.24. The zero-order valence-corrected chi connectivity index (χ0v) is 16.4. The smallest absolute Gasteiger partial charge is 0.256 e. The van der Waals surface area contributed by atoms with E-state index < -0.39 is 0 Å². The van der Waals surface area contributed by atoms with E-state index in [2.05, 4.69) is 38.7 Å². The molecular weight excluding hydrogens is 350 g/mol. The fraction of sp³-hybridized carbons (Fsp3) is 0.500. The summed E-state index contributed by atoms with van der Waals surface area (Å²) >= 11 is 1.29. The van der Waals surface area contributed by atoms with Crippen LogP contribution in [0.1, 0.15) is 35.5 Å². The number of nitrogens with zero attached hydrogens (tertiary/aromatic N) is 3. The number of carbonyl (C=O) groups excluding carboxylic acids is 1. The zero-order chi connectivity index (χ0) is 18.7. The van der Waals surface area contributed by atoms with Gasteiger partial charge < -0.3 is 20.3 Å². The minimum absolute atomic E-state index is 0.125. The fourth-order valence-electron chi connectivity index (χ4n) is 3.15. The summed E-state index contributed by atoms with van der Waals surface area (Å²) in [6.45, 7) is 8.10. The number of morpholine rings is 1. The lowest BCUT2D eigenvalue weighted by Crippen LogP contribution is -2.45. The maximum atomic E-state index is 12.4. The van der Waals surface area contributed by atoms with Crippen LogP contribution in [-0.2, 0) is 11.3 Å². The standard InChI is InChI=1S/C18H25N5O2S/c1-11-9-23(10-12(2)25-11)15-6-5-14(7-20-15)8-21-17(24)16-13(3)22-26-18(16)19-4/h5-7,11-12,19H,8-10H2,1-4H3,(H,21,24)/t11-,12-/m1/s1. The maximum absolute atomic E-state index is 12.4. The van der Waals surface area contributed by atoms with Gasteiger partial charge in [-0.3, -0.25) is 4.79 Å². The second-order valence-electron chi connectivity index (χ2n) is 6.59. The van der Waals surface area contributed by atoms with Crippen molar-refractivity contribution in [2.75, 3.05) is 30.4 Å². The number of aryl methyl sites for hydroxylation is 1. The van der Waals surface area contributed by atoms with Crippen LogP contribution in [0.15, 0.2) is 18.3 Å². The molecule has 0 radical (unpaired) electrons. The van der Waals surface area contributed by atoms with Crippen molar-refractivity contribution < 1.29 is 9.53 Å². The molecule has 1 fully saturated rings. The molecule has 2 aromatic rings. The number of amides is 1. The molecule has 3 heterocycles. The van der Waals surface area contributed by atoms with E-state index in [9.17, 15) is 4.79 Å². The van der Waals surface area contributed by atoms with Crippen molar-refractivity contribution in [1.29, 1.82) is 0 Å². The van der Waals surface area contributed by atoms with Crippen molar-refractivity contribution in [2.45, 2.75) is 39.5 Å². The summed E-state index contributed by atoms with van der Waals surface area (Å²) < 4.78 is 9.99. The summed E-state index contributed by atoms with van der Waals surface area (Å²) in [5, 5.41) is 6.74. The van der Waals surface area contributed by atoms with Crippen molar-refractivity contribution in [2.24, 2.45) is 0 Å². The van der Waals surface area contributed by atoms with Gasteiger partial charge in [-0.1, -0.05) is 6.07 Å². The summed E-state index contributed by atoms with van der Waals surface area (Å²) in [5.74, 6) is 0.818. The van der Waals surface area contributed by atoms with Gasteiger partial charge in [-0.25, -0.2) is 4.98 Å². The number of hydrogen-bond donors (Lipinski definition) is 2. The number of rotatable bonds is 5. The molecule has 1 amide bonds. The molecule has 2 atom stereocenters. The van der Waals surface area contributed by atoms with Gasteiger partial charge in [0.25, 0.3) is 5.91 Å². The Labute approximate surface area is 157 Å². The zero-order valence-electron chi connectivity index (χ0n) is 15.6. The Balaban J connectivity index is 1.61. The summed E-state index contributed by atoms with van der Waals surface area (Å²) in [4.78, 5) is 19.2. The topological polar surface area (TPSA) is 79.4 Å². The molecule has 0 aliphatic carbocycles. The Morgan fingerprint density at radius 1 is 1.35 bits per heavy atom. The van der Waals surface area contributed by atoms with Crippen LogP contribution in [-0.4, -0.2) is 47.6 Å². The molecule has 0 bridgehead atoms. The van der Waals surface area contributed by atoms with E-state index in [1.54, 1.807) is 7.05 Å². The molecule has 1 aliphatic heterocycles. The molecule has 3 rings (SSSR count).